The van der Waals surface area contributed by atoms with Crippen molar-refractivity contribution in [2.45, 2.75) is 50.6 Å². The van der Waals surface area contributed by atoms with Gasteiger partial charge in [-0.05, 0) is 50.9 Å². The minimum atomic E-state index is 0.0947. The van der Waals surface area contributed by atoms with E-state index in [-0.39, 0.29) is 5.91 Å². The number of nitrogens with zero attached hydrogens (tertiary/aromatic N) is 2. The number of rotatable bonds is 4. The van der Waals surface area contributed by atoms with Crippen molar-refractivity contribution in [3.05, 3.63) is 30.2 Å². The minimum absolute atomic E-state index is 0.0947. The Kier molecular flexibility index (Phi) is 4.98. The second-order valence-corrected chi connectivity index (χ2v) is 6.50. The summed E-state index contributed by atoms with van der Waals surface area (Å²) in [5.41, 5.74) is 0.932. The molecule has 0 N–H and O–H groups in total. The van der Waals surface area contributed by atoms with E-state index in [1.807, 2.05) is 24.1 Å². The van der Waals surface area contributed by atoms with Gasteiger partial charge in [-0.1, -0.05) is 12.8 Å². The highest BCUT2D eigenvalue weighted by atomic mass is 16.3. The molecule has 2 heterocycles. The van der Waals surface area contributed by atoms with Crippen LogP contribution < -0.4 is 0 Å². The Morgan fingerprint density at radius 3 is 2.77 bits per heavy atom. The van der Waals surface area contributed by atoms with Gasteiger partial charge in [0.05, 0.1) is 12.5 Å². The van der Waals surface area contributed by atoms with Crippen molar-refractivity contribution in [1.29, 1.82) is 0 Å². The molecule has 3 rings (SSSR count). The molecule has 1 aliphatic carbocycles. The van der Waals surface area contributed by atoms with Crippen molar-refractivity contribution in [2.24, 2.45) is 0 Å². The second kappa shape index (κ2) is 7.14. The molecule has 4 heteroatoms. The van der Waals surface area contributed by atoms with Crippen LogP contribution in [-0.4, -0.2) is 47.9 Å². The Morgan fingerprint density at radius 1 is 1.27 bits per heavy atom. The monoisotopic (exact) mass is 302 g/mol. The summed E-state index contributed by atoms with van der Waals surface area (Å²) in [5.74, 6) is 0.0947. The van der Waals surface area contributed by atoms with E-state index in [4.69, 9.17) is 4.42 Å². The van der Waals surface area contributed by atoms with Crippen LogP contribution in [0.2, 0.25) is 0 Å². The standard InChI is InChI=1S/C18H26N2O2/c1-19(18(21)9-8-15-10-13-22-14-15)16-6-2-3-7-17(16)20-11-4-5-12-20/h8-10,13-14,16-17H,2-7,11-12H2,1H3/b9-8+/t16-,17-/m0/s1. The zero-order valence-electron chi connectivity index (χ0n) is 13.4. The Bertz CT molecular complexity index is 503. The number of hydrogen-bond donors (Lipinski definition) is 0. The lowest BCUT2D eigenvalue weighted by molar-refractivity contribution is -0.128. The second-order valence-electron chi connectivity index (χ2n) is 6.50. The maximum atomic E-state index is 12.5. The zero-order valence-corrected chi connectivity index (χ0v) is 13.4. The topological polar surface area (TPSA) is 36.7 Å². The summed E-state index contributed by atoms with van der Waals surface area (Å²) >= 11 is 0. The number of hydrogen-bond acceptors (Lipinski definition) is 3. The third kappa shape index (κ3) is 3.43. The largest absolute Gasteiger partial charge is 0.472 e. The number of furan rings is 1. The molecule has 120 valence electrons. The van der Waals surface area contributed by atoms with Gasteiger partial charge in [-0.3, -0.25) is 9.69 Å². The van der Waals surface area contributed by atoms with Crippen LogP contribution in [0.15, 0.2) is 29.1 Å². The first kappa shape index (κ1) is 15.3. The van der Waals surface area contributed by atoms with Gasteiger partial charge in [-0.2, -0.15) is 0 Å². The van der Waals surface area contributed by atoms with Crippen molar-refractivity contribution in [3.8, 4) is 0 Å². The van der Waals surface area contributed by atoms with Crippen molar-refractivity contribution in [3.63, 3.8) is 0 Å². The minimum Gasteiger partial charge on any atom is -0.472 e. The van der Waals surface area contributed by atoms with Crippen molar-refractivity contribution in [1.82, 2.24) is 9.80 Å². The van der Waals surface area contributed by atoms with Crippen molar-refractivity contribution in [2.75, 3.05) is 20.1 Å². The number of amides is 1. The molecule has 1 aromatic heterocycles. The quantitative estimate of drug-likeness (QED) is 0.802. The van der Waals surface area contributed by atoms with Crippen LogP contribution in [-0.2, 0) is 4.79 Å². The third-order valence-electron chi connectivity index (χ3n) is 5.11. The predicted molar refractivity (Wildman–Crippen MR) is 87.4 cm³/mol. The molecule has 1 saturated heterocycles. The summed E-state index contributed by atoms with van der Waals surface area (Å²) in [7, 11) is 1.96. The lowest BCUT2D eigenvalue weighted by Gasteiger charge is -2.42. The van der Waals surface area contributed by atoms with Gasteiger partial charge in [0.2, 0.25) is 5.91 Å². The molecule has 0 unspecified atom stereocenters. The van der Waals surface area contributed by atoms with E-state index in [1.54, 1.807) is 18.6 Å². The third-order valence-corrected chi connectivity index (χ3v) is 5.11. The van der Waals surface area contributed by atoms with E-state index in [9.17, 15) is 4.79 Å². The van der Waals surface area contributed by atoms with E-state index in [0.29, 0.717) is 12.1 Å². The van der Waals surface area contributed by atoms with Gasteiger partial charge < -0.3 is 9.32 Å². The SMILES string of the molecule is CN(C(=O)/C=C/c1ccoc1)[C@H]1CCCC[C@@H]1N1CCCC1. The summed E-state index contributed by atoms with van der Waals surface area (Å²) in [4.78, 5) is 17.0. The Balaban J connectivity index is 1.65. The van der Waals surface area contributed by atoms with Crippen LogP contribution in [0, 0.1) is 0 Å². The highest BCUT2D eigenvalue weighted by Gasteiger charge is 2.34. The molecular formula is C18H26N2O2. The molecule has 2 fully saturated rings. The molecule has 0 bridgehead atoms. The first-order valence-corrected chi connectivity index (χ1v) is 8.47. The lowest BCUT2D eigenvalue weighted by Crippen LogP contribution is -2.52. The summed E-state index contributed by atoms with van der Waals surface area (Å²) in [6, 6.07) is 2.76. The van der Waals surface area contributed by atoms with E-state index in [2.05, 4.69) is 4.90 Å². The average Bonchev–Trinajstić information content (AvgIpc) is 3.25. The van der Waals surface area contributed by atoms with Gasteiger partial charge in [-0.15, -0.1) is 0 Å². The van der Waals surface area contributed by atoms with Crippen LogP contribution in [0.3, 0.4) is 0 Å². The molecule has 0 radical (unpaired) electrons. The lowest BCUT2D eigenvalue weighted by atomic mass is 9.88. The molecule has 1 aliphatic heterocycles. The van der Waals surface area contributed by atoms with Crippen LogP contribution in [0.25, 0.3) is 6.08 Å². The molecule has 22 heavy (non-hydrogen) atoms. The van der Waals surface area contributed by atoms with E-state index >= 15 is 0 Å². The average molecular weight is 302 g/mol. The van der Waals surface area contributed by atoms with Gasteiger partial charge in [0.25, 0.3) is 0 Å². The fraction of sp³-hybridized carbons (Fsp3) is 0.611. The van der Waals surface area contributed by atoms with E-state index in [0.717, 1.165) is 12.0 Å². The van der Waals surface area contributed by atoms with Crippen LogP contribution >= 0.6 is 0 Å². The summed E-state index contributed by atoms with van der Waals surface area (Å²) in [6.07, 6.45) is 14.3. The van der Waals surface area contributed by atoms with Crippen molar-refractivity contribution < 1.29 is 9.21 Å². The predicted octanol–water partition coefficient (Wildman–Crippen LogP) is 3.16. The number of likely N-dealkylation sites (tertiary alicyclic amines) is 1. The Labute approximate surface area is 132 Å². The molecule has 2 aliphatic rings. The van der Waals surface area contributed by atoms with Gasteiger partial charge in [0.1, 0.15) is 0 Å². The molecule has 1 amide bonds. The maximum Gasteiger partial charge on any atom is 0.246 e. The molecule has 4 nitrogen and oxygen atoms in total. The van der Waals surface area contributed by atoms with Crippen LogP contribution in [0.1, 0.15) is 44.1 Å². The van der Waals surface area contributed by atoms with Crippen LogP contribution in [0.5, 0.6) is 0 Å². The fourth-order valence-electron chi connectivity index (χ4n) is 3.86. The molecule has 1 saturated carbocycles. The summed E-state index contributed by atoms with van der Waals surface area (Å²) in [5, 5.41) is 0. The molecule has 0 spiro atoms. The molecule has 2 atom stereocenters. The summed E-state index contributed by atoms with van der Waals surface area (Å²) < 4.78 is 5.03. The Morgan fingerprint density at radius 2 is 2.05 bits per heavy atom. The highest BCUT2D eigenvalue weighted by molar-refractivity contribution is 5.91. The number of likely N-dealkylation sites (N-methyl/N-ethyl adjacent to an activating group) is 1. The van der Waals surface area contributed by atoms with Crippen molar-refractivity contribution >= 4 is 12.0 Å². The molecular weight excluding hydrogens is 276 g/mol. The zero-order chi connectivity index (χ0) is 15.4. The number of carbonyl (C=O) groups is 1. The maximum absolute atomic E-state index is 12.5. The number of carbonyl (C=O) groups excluding carboxylic acids is 1. The first-order chi connectivity index (χ1) is 10.8. The molecule has 1 aromatic rings. The van der Waals surface area contributed by atoms with Gasteiger partial charge in [0, 0.05) is 30.8 Å². The van der Waals surface area contributed by atoms with E-state index < -0.39 is 0 Å². The fourth-order valence-corrected chi connectivity index (χ4v) is 3.86. The summed E-state index contributed by atoms with van der Waals surface area (Å²) in [6.45, 7) is 2.40. The highest BCUT2D eigenvalue weighted by Crippen LogP contribution is 2.29. The first-order valence-electron chi connectivity index (χ1n) is 8.47. The van der Waals surface area contributed by atoms with Gasteiger partial charge >= 0.3 is 0 Å². The normalized spacial score (nSPS) is 26.6. The Hall–Kier alpha value is -1.55. The van der Waals surface area contributed by atoms with Gasteiger partial charge in [0.15, 0.2) is 0 Å². The molecule has 0 aromatic carbocycles. The van der Waals surface area contributed by atoms with Gasteiger partial charge in [-0.25, -0.2) is 0 Å². The van der Waals surface area contributed by atoms with E-state index in [1.165, 1.54) is 45.2 Å². The smallest absolute Gasteiger partial charge is 0.246 e. The van der Waals surface area contributed by atoms with Crippen LogP contribution in [0.4, 0.5) is 0 Å².